The number of hydrogen-bond donors (Lipinski definition) is 0. The van der Waals surface area contributed by atoms with Crippen molar-refractivity contribution >= 4 is 10.0 Å². The van der Waals surface area contributed by atoms with Crippen molar-refractivity contribution in [2.45, 2.75) is 24.7 Å². The van der Waals surface area contributed by atoms with Crippen molar-refractivity contribution < 1.29 is 31.2 Å². The quantitative estimate of drug-likeness (QED) is 0.745. The first-order valence-electron chi connectivity index (χ1n) is 7.70. The van der Waals surface area contributed by atoms with Crippen LogP contribution in [0.5, 0.6) is 11.5 Å². The fourth-order valence-corrected chi connectivity index (χ4v) is 4.26. The molecule has 1 fully saturated rings. The van der Waals surface area contributed by atoms with Gasteiger partial charge in [-0.25, -0.2) is 12.7 Å². The Morgan fingerprint density at radius 3 is 2.77 bits per heavy atom. The number of sulfonamides is 1. The summed E-state index contributed by atoms with van der Waals surface area (Å²) in [6, 6.07) is 4.45. The molecule has 0 radical (unpaired) electrons. The largest absolute Gasteiger partial charge is 0.493 e. The first-order valence-corrected chi connectivity index (χ1v) is 9.21. The molecule has 1 unspecified atom stereocenters. The minimum Gasteiger partial charge on any atom is -0.493 e. The Morgan fingerprint density at radius 2 is 2.15 bits per heavy atom. The number of alkyl halides is 2. The van der Waals surface area contributed by atoms with Gasteiger partial charge in [-0.05, 0) is 24.1 Å². The lowest BCUT2D eigenvalue weighted by atomic mass is 10.1. The molecular weight excluding hydrogens is 372 g/mol. The number of methoxy groups -OCH3 is 1. The molecule has 0 N–H and O–H groups in total. The molecule has 1 aromatic carbocycles. The van der Waals surface area contributed by atoms with Crippen LogP contribution in [0, 0.1) is 0 Å². The Balaban J connectivity index is 1.77. The maximum absolute atomic E-state index is 12.4. The van der Waals surface area contributed by atoms with E-state index in [1.807, 2.05) is 0 Å². The van der Waals surface area contributed by atoms with Gasteiger partial charge in [-0.2, -0.15) is 13.8 Å². The predicted molar refractivity (Wildman–Crippen MR) is 85.6 cm³/mol. The highest BCUT2D eigenvalue weighted by molar-refractivity contribution is 7.89. The van der Waals surface area contributed by atoms with Crippen LogP contribution in [0.2, 0.25) is 0 Å². The second-order valence-corrected chi connectivity index (χ2v) is 7.96. The smallest absolute Gasteiger partial charge is 0.387 e. The molecule has 1 aliphatic heterocycles. The van der Waals surface area contributed by atoms with E-state index in [9.17, 15) is 17.2 Å². The fraction of sp³-hybridized carbons (Fsp3) is 0.467. The zero-order chi connectivity index (χ0) is 18.9. The van der Waals surface area contributed by atoms with Gasteiger partial charge in [0.05, 0.1) is 7.11 Å². The second kappa shape index (κ2) is 7.16. The van der Waals surface area contributed by atoms with E-state index in [0.29, 0.717) is 18.5 Å². The van der Waals surface area contributed by atoms with Crippen molar-refractivity contribution in [1.29, 1.82) is 0 Å². The highest BCUT2D eigenvalue weighted by Crippen LogP contribution is 2.34. The van der Waals surface area contributed by atoms with Gasteiger partial charge in [-0.1, -0.05) is 11.2 Å². The molecule has 0 aliphatic carbocycles. The zero-order valence-corrected chi connectivity index (χ0v) is 14.9. The van der Waals surface area contributed by atoms with Crippen LogP contribution < -0.4 is 9.47 Å². The van der Waals surface area contributed by atoms with Crippen molar-refractivity contribution in [3.63, 3.8) is 0 Å². The summed E-state index contributed by atoms with van der Waals surface area (Å²) in [6.07, 6.45) is 0.603. The number of nitrogens with zero attached hydrogens (tertiary/aromatic N) is 3. The van der Waals surface area contributed by atoms with Gasteiger partial charge in [-0.15, -0.1) is 0 Å². The van der Waals surface area contributed by atoms with E-state index in [0.717, 1.165) is 0 Å². The van der Waals surface area contributed by atoms with Gasteiger partial charge in [0.2, 0.25) is 15.9 Å². The molecule has 0 saturated carbocycles. The Labute approximate surface area is 148 Å². The van der Waals surface area contributed by atoms with Crippen molar-refractivity contribution in [2.24, 2.45) is 0 Å². The molecule has 1 atom stereocenters. The summed E-state index contributed by atoms with van der Waals surface area (Å²) in [5.41, 5.74) is 0.669. The third kappa shape index (κ3) is 3.63. The maximum Gasteiger partial charge on any atom is 0.387 e. The lowest BCUT2D eigenvalue weighted by Gasteiger charge is -2.10. The van der Waals surface area contributed by atoms with E-state index < -0.39 is 21.9 Å². The SMILES string of the molecule is COc1cc(Cc2noc(C3CCN(C)S3(=O)=O)n2)ccc1OC(F)F. The summed E-state index contributed by atoms with van der Waals surface area (Å²) < 4.78 is 64.9. The van der Waals surface area contributed by atoms with Crippen LogP contribution in [0.15, 0.2) is 22.7 Å². The van der Waals surface area contributed by atoms with E-state index in [1.54, 1.807) is 6.07 Å². The number of ether oxygens (including phenoxy) is 2. The van der Waals surface area contributed by atoms with Crippen molar-refractivity contribution in [3.05, 3.63) is 35.5 Å². The van der Waals surface area contributed by atoms with Gasteiger partial charge < -0.3 is 14.0 Å². The summed E-state index contributed by atoms with van der Waals surface area (Å²) in [5, 5.41) is 2.97. The van der Waals surface area contributed by atoms with Crippen LogP contribution in [0.25, 0.3) is 0 Å². The Kier molecular flexibility index (Phi) is 5.10. The zero-order valence-electron chi connectivity index (χ0n) is 14.1. The minimum absolute atomic E-state index is 0.0500. The molecule has 0 spiro atoms. The molecular formula is C15H17F2N3O5S. The molecule has 26 heavy (non-hydrogen) atoms. The monoisotopic (exact) mass is 389 g/mol. The Hall–Kier alpha value is -2.27. The maximum atomic E-state index is 12.4. The van der Waals surface area contributed by atoms with Crippen LogP contribution in [0.3, 0.4) is 0 Å². The first-order chi connectivity index (χ1) is 12.3. The molecule has 11 heteroatoms. The van der Waals surface area contributed by atoms with Gasteiger partial charge in [0, 0.05) is 20.0 Å². The molecule has 0 amide bonds. The first kappa shape index (κ1) is 18.5. The number of halogens is 2. The minimum atomic E-state index is -3.48. The lowest BCUT2D eigenvalue weighted by Crippen LogP contribution is -2.22. The van der Waals surface area contributed by atoms with E-state index >= 15 is 0 Å². The molecule has 2 heterocycles. The molecule has 1 aliphatic rings. The van der Waals surface area contributed by atoms with Gasteiger partial charge in [0.15, 0.2) is 22.6 Å². The van der Waals surface area contributed by atoms with Crippen molar-refractivity contribution in [1.82, 2.24) is 14.4 Å². The summed E-state index contributed by atoms with van der Waals surface area (Å²) in [6.45, 7) is -2.56. The van der Waals surface area contributed by atoms with Gasteiger partial charge in [-0.3, -0.25) is 0 Å². The van der Waals surface area contributed by atoms with Crippen LogP contribution in [0.4, 0.5) is 8.78 Å². The van der Waals surface area contributed by atoms with Crippen LogP contribution in [0.1, 0.15) is 28.9 Å². The average molecular weight is 389 g/mol. The van der Waals surface area contributed by atoms with E-state index in [1.165, 1.54) is 30.6 Å². The van der Waals surface area contributed by atoms with Gasteiger partial charge in [0.1, 0.15) is 0 Å². The summed E-state index contributed by atoms with van der Waals surface area (Å²) >= 11 is 0. The number of hydrogen-bond acceptors (Lipinski definition) is 7. The van der Waals surface area contributed by atoms with Crippen molar-refractivity contribution in [3.8, 4) is 11.5 Å². The normalized spacial score (nSPS) is 19.8. The number of aromatic nitrogens is 2. The van der Waals surface area contributed by atoms with Gasteiger partial charge in [0.25, 0.3) is 0 Å². The molecule has 1 aromatic heterocycles. The lowest BCUT2D eigenvalue weighted by molar-refractivity contribution is -0.0512. The molecule has 1 saturated heterocycles. The average Bonchev–Trinajstić information content (AvgIpc) is 3.13. The summed E-state index contributed by atoms with van der Waals surface area (Å²) in [4.78, 5) is 4.17. The highest BCUT2D eigenvalue weighted by atomic mass is 32.2. The third-order valence-electron chi connectivity index (χ3n) is 4.07. The standard InChI is InChI=1S/C15H17F2N3O5S/c1-20-6-5-12(26(20,21)22)14-18-13(19-25-14)8-9-3-4-10(24-15(16)17)11(7-9)23-2/h3-4,7,12,15H,5-6,8H2,1-2H3. The molecule has 2 aromatic rings. The highest BCUT2D eigenvalue weighted by Gasteiger charge is 2.41. The summed E-state index contributed by atoms with van der Waals surface area (Å²) in [7, 11) is -0.636. The molecule has 0 bridgehead atoms. The number of rotatable bonds is 6. The predicted octanol–water partition coefficient (Wildman–Crippen LogP) is 1.98. The second-order valence-electron chi connectivity index (χ2n) is 5.73. The molecule has 3 rings (SSSR count). The van der Waals surface area contributed by atoms with Crippen LogP contribution in [-0.2, 0) is 16.4 Å². The van der Waals surface area contributed by atoms with Gasteiger partial charge >= 0.3 is 6.61 Å². The summed E-state index contributed by atoms with van der Waals surface area (Å²) in [5.74, 6) is 0.398. The Bertz CT molecular complexity index is 887. The van der Waals surface area contributed by atoms with Crippen molar-refractivity contribution in [2.75, 3.05) is 20.7 Å². The van der Waals surface area contributed by atoms with E-state index in [4.69, 9.17) is 9.26 Å². The van der Waals surface area contributed by atoms with E-state index in [-0.39, 0.29) is 29.6 Å². The topological polar surface area (TPSA) is 94.8 Å². The third-order valence-corrected chi connectivity index (χ3v) is 6.27. The molecule has 8 nitrogen and oxygen atoms in total. The number of benzene rings is 1. The molecule has 142 valence electrons. The van der Waals surface area contributed by atoms with Crippen LogP contribution >= 0.6 is 0 Å². The fourth-order valence-electron chi connectivity index (χ4n) is 2.71. The van der Waals surface area contributed by atoms with E-state index in [2.05, 4.69) is 14.9 Å². The Morgan fingerprint density at radius 1 is 1.38 bits per heavy atom. The van der Waals surface area contributed by atoms with Crippen LogP contribution in [-0.4, -0.2) is 50.2 Å².